The number of ether oxygens (including phenoxy) is 1. The Balaban J connectivity index is 0.573. The molecule has 0 spiro atoms. The third-order valence-corrected chi connectivity index (χ3v) is 18.0. The molecule has 2 saturated carbocycles. The molecule has 12 rings (SSSR count). The second kappa shape index (κ2) is 20.9. The van der Waals surface area contributed by atoms with Gasteiger partial charge in [-0.05, 0) is 142 Å². The quantitative estimate of drug-likeness (QED) is 0.107. The molecule has 404 valence electrons. The normalized spacial score (nSPS) is 27.1. The van der Waals surface area contributed by atoms with E-state index < -0.39 is 29.5 Å². The van der Waals surface area contributed by atoms with Crippen LogP contribution in [-0.4, -0.2) is 142 Å². The number of fused-ring (bicyclic) bond motifs is 2. The van der Waals surface area contributed by atoms with Crippen LogP contribution < -0.4 is 15.1 Å². The molecule has 19 heteroatoms. The smallest absolute Gasteiger partial charge is 0.375 e. The number of halogens is 4. The van der Waals surface area contributed by atoms with Crippen LogP contribution in [0.5, 0.6) is 0 Å². The fraction of sp³-hybridized carbons (Fsp3) is 0.579. The molecule has 1 aromatic heterocycles. The van der Waals surface area contributed by atoms with E-state index in [0.717, 1.165) is 122 Å². The van der Waals surface area contributed by atoms with Gasteiger partial charge in [0, 0.05) is 107 Å². The van der Waals surface area contributed by atoms with Gasteiger partial charge < -0.3 is 33.8 Å². The van der Waals surface area contributed by atoms with Crippen molar-refractivity contribution in [2.45, 2.75) is 127 Å². The number of anilines is 2. The summed E-state index contributed by atoms with van der Waals surface area (Å²) in [7, 11) is 1.92. The summed E-state index contributed by atoms with van der Waals surface area (Å²) in [5.41, 5.74) is 2.74. The number of aryl methyl sites for hydroxylation is 1. The van der Waals surface area contributed by atoms with Crippen LogP contribution in [-0.2, 0) is 47.2 Å². The van der Waals surface area contributed by atoms with Crippen LogP contribution in [0.2, 0.25) is 0 Å². The average Bonchev–Trinajstić information content (AvgIpc) is 3.90. The van der Waals surface area contributed by atoms with Crippen LogP contribution in [0, 0.1) is 17.7 Å². The number of piperidine rings is 3. The summed E-state index contributed by atoms with van der Waals surface area (Å²) >= 11 is 0. The fourth-order valence-corrected chi connectivity index (χ4v) is 13.8. The molecule has 6 aliphatic heterocycles. The van der Waals surface area contributed by atoms with Gasteiger partial charge in [0.05, 0.1) is 36.5 Å². The minimum atomic E-state index is -4.59. The van der Waals surface area contributed by atoms with Crippen molar-refractivity contribution in [2.24, 2.45) is 18.9 Å². The highest BCUT2D eigenvalue weighted by Gasteiger charge is 2.45. The largest absolute Gasteiger partial charge is 0.416 e. The zero-order valence-corrected chi connectivity index (χ0v) is 43.3. The maximum absolute atomic E-state index is 16.0. The Kier molecular flexibility index (Phi) is 14.0. The molecule has 4 aromatic rings. The van der Waals surface area contributed by atoms with E-state index in [-0.39, 0.29) is 84.4 Å². The van der Waals surface area contributed by atoms with Crippen molar-refractivity contribution in [2.75, 3.05) is 75.2 Å². The number of aromatic nitrogens is 3. The zero-order chi connectivity index (χ0) is 52.4. The second-order valence-electron chi connectivity index (χ2n) is 23.0. The van der Waals surface area contributed by atoms with Gasteiger partial charge in [0.1, 0.15) is 18.2 Å². The van der Waals surface area contributed by atoms with Crippen molar-refractivity contribution in [1.29, 1.82) is 0 Å². The Morgan fingerprint density at radius 3 is 2.21 bits per heavy atom. The van der Waals surface area contributed by atoms with Crippen LogP contribution in [0.3, 0.4) is 0 Å². The number of carbonyl (C=O) groups is 4. The van der Waals surface area contributed by atoms with E-state index in [2.05, 4.69) is 30.2 Å². The van der Waals surface area contributed by atoms with Crippen molar-refractivity contribution < 1.29 is 41.5 Å². The lowest BCUT2D eigenvalue weighted by Crippen LogP contribution is -2.52. The van der Waals surface area contributed by atoms with E-state index in [1.807, 2.05) is 40.8 Å². The number of alkyl halides is 3. The number of imide groups is 1. The molecule has 0 bridgehead atoms. The third kappa shape index (κ3) is 10.4. The molecule has 7 heterocycles. The van der Waals surface area contributed by atoms with Crippen LogP contribution in [0.25, 0.3) is 0 Å². The third-order valence-electron chi connectivity index (χ3n) is 18.0. The average molecular weight is 1050 g/mol. The van der Waals surface area contributed by atoms with Crippen molar-refractivity contribution in [3.63, 3.8) is 0 Å². The van der Waals surface area contributed by atoms with Crippen LogP contribution >= 0.6 is 0 Å². The number of carbonyl (C=O) groups excluding carboxylic acids is 4. The molecule has 0 radical (unpaired) electrons. The Morgan fingerprint density at radius 1 is 0.737 bits per heavy atom. The molecule has 3 aromatic carbocycles. The summed E-state index contributed by atoms with van der Waals surface area (Å²) in [4.78, 5) is 63.7. The number of likely N-dealkylation sites (tertiary alicyclic amines) is 1. The Hall–Kier alpha value is -5.76. The van der Waals surface area contributed by atoms with E-state index in [4.69, 9.17) is 4.74 Å². The lowest BCUT2D eigenvalue weighted by Gasteiger charge is -2.41. The molecule has 4 saturated heterocycles. The summed E-state index contributed by atoms with van der Waals surface area (Å²) in [6.45, 7) is 9.35. The summed E-state index contributed by atoms with van der Waals surface area (Å²) in [5, 5.41) is 10.6. The molecule has 8 aliphatic rings. The van der Waals surface area contributed by atoms with E-state index in [1.165, 1.54) is 15.9 Å². The highest BCUT2D eigenvalue weighted by molar-refractivity contribution is 6.10. The number of piperazine rings is 1. The molecule has 6 fully saturated rings. The van der Waals surface area contributed by atoms with Crippen LogP contribution in [0.1, 0.15) is 137 Å². The van der Waals surface area contributed by atoms with Gasteiger partial charge in [-0.2, -0.15) is 13.2 Å². The first-order valence-electron chi connectivity index (χ1n) is 27.7. The SMILES string of the molecule is Cn1cnnc1C1CC1c1cccc(N2Cc3c(cc(CN4CCC[C@H](CN5CCN(CC6CCC(OC7CCN(c8ccc9c(c8F)CN(C8CCC(=O)NC8=O)C9=O)CC7)CC6)CC5)C4)cc3C(F)(F)F)C2=O)c1. The monoisotopic (exact) mass is 1050 g/mol. The summed E-state index contributed by atoms with van der Waals surface area (Å²) in [6, 6.07) is 13.2. The van der Waals surface area contributed by atoms with Crippen molar-refractivity contribution >= 4 is 35.0 Å². The van der Waals surface area contributed by atoms with Gasteiger partial charge in [0.2, 0.25) is 11.8 Å². The first kappa shape index (κ1) is 51.0. The number of benzene rings is 3. The summed E-state index contributed by atoms with van der Waals surface area (Å²) < 4.78 is 68.9. The predicted octanol–water partition coefficient (Wildman–Crippen LogP) is 7.24. The molecule has 3 unspecified atom stereocenters. The maximum atomic E-state index is 16.0. The zero-order valence-electron chi connectivity index (χ0n) is 43.3. The minimum absolute atomic E-state index is 0.0126. The van der Waals surface area contributed by atoms with E-state index in [9.17, 15) is 32.3 Å². The Bertz CT molecular complexity index is 2870. The van der Waals surface area contributed by atoms with Crippen molar-refractivity contribution in [3.05, 3.63) is 105 Å². The van der Waals surface area contributed by atoms with Crippen molar-refractivity contribution in [3.8, 4) is 0 Å². The van der Waals surface area contributed by atoms with Gasteiger partial charge in [0.15, 0.2) is 5.82 Å². The van der Waals surface area contributed by atoms with Crippen LogP contribution in [0.4, 0.5) is 28.9 Å². The fourth-order valence-electron chi connectivity index (χ4n) is 13.8. The first-order chi connectivity index (χ1) is 36.7. The van der Waals surface area contributed by atoms with Gasteiger partial charge in [-0.1, -0.05) is 12.1 Å². The van der Waals surface area contributed by atoms with Gasteiger partial charge in [-0.3, -0.25) is 29.4 Å². The molecule has 4 amide bonds. The number of hydrogen-bond acceptors (Lipinski definition) is 11. The molecule has 1 N–H and O–H groups in total. The van der Waals surface area contributed by atoms with Gasteiger partial charge in [-0.15, -0.1) is 10.2 Å². The van der Waals surface area contributed by atoms with E-state index in [0.29, 0.717) is 54.0 Å². The number of nitrogens with zero attached hydrogens (tertiary/aromatic N) is 9. The Labute approximate surface area is 440 Å². The van der Waals surface area contributed by atoms with Crippen LogP contribution in [0.15, 0.2) is 54.9 Å². The van der Waals surface area contributed by atoms with Gasteiger partial charge in [0.25, 0.3) is 11.8 Å². The van der Waals surface area contributed by atoms with Crippen molar-refractivity contribution in [1.82, 2.24) is 39.7 Å². The molecular weight excluding hydrogens is 981 g/mol. The molecule has 76 heavy (non-hydrogen) atoms. The van der Waals surface area contributed by atoms with E-state index in [1.54, 1.807) is 24.5 Å². The summed E-state index contributed by atoms with van der Waals surface area (Å²) in [6.07, 6.45) is 6.77. The highest BCUT2D eigenvalue weighted by atomic mass is 19.4. The molecular formula is C57H68F4N10O5. The maximum Gasteiger partial charge on any atom is 0.416 e. The minimum Gasteiger partial charge on any atom is -0.375 e. The molecule has 15 nitrogen and oxygen atoms in total. The molecule has 4 atom stereocenters. The standard InChI is InChI=1S/C57H68F4N10O5/c1-65-34-62-64-53(65)44-27-43(44)38-5-2-6-39(26-38)70-32-46-45(56(70)75)24-37(25-48(46)57(59,60)61)31-68-17-3-4-36(30-68)29-67-22-20-66(21-23-67)28-35-7-9-40(10-8-35)76-41-15-18-69(19-16-41)49-12-11-42-47(52(49)58)33-71(55(42)74)50-13-14-51(72)63-54(50)73/h2,5-6,11-12,24-26,34-36,40-41,43-44,50H,3-4,7-10,13-23,27-33H2,1H3,(H,63,72,73)/t35?,36-,40?,43?,44?,50?/m1/s1. The summed E-state index contributed by atoms with van der Waals surface area (Å²) in [5.74, 6) is 0.367. The topological polar surface area (TPSA) is 140 Å². The number of amides is 4. The number of hydrogen-bond donors (Lipinski definition) is 1. The molecule has 2 aliphatic carbocycles. The van der Waals surface area contributed by atoms with Gasteiger partial charge in [-0.25, -0.2) is 4.39 Å². The highest BCUT2D eigenvalue weighted by Crippen LogP contribution is 2.54. The first-order valence-corrected chi connectivity index (χ1v) is 27.7. The Morgan fingerprint density at radius 2 is 1.49 bits per heavy atom. The predicted molar refractivity (Wildman–Crippen MR) is 275 cm³/mol. The van der Waals surface area contributed by atoms with E-state index >= 15 is 4.39 Å². The second-order valence-corrected chi connectivity index (χ2v) is 23.0. The van der Waals surface area contributed by atoms with Gasteiger partial charge >= 0.3 is 6.18 Å². The number of nitrogens with one attached hydrogen (secondary N) is 1. The lowest BCUT2D eigenvalue weighted by atomic mass is 9.86. The number of rotatable bonds is 13. The lowest BCUT2D eigenvalue weighted by molar-refractivity contribution is -0.138.